The fourth-order valence-corrected chi connectivity index (χ4v) is 2.37. The van der Waals surface area contributed by atoms with Gasteiger partial charge in [-0.1, -0.05) is 6.92 Å². The molecule has 1 unspecified atom stereocenters. The number of aromatic nitrogens is 1. The summed E-state index contributed by atoms with van der Waals surface area (Å²) < 4.78 is 10.4. The van der Waals surface area contributed by atoms with Crippen LogP contribution >= 0.6 is 11.8 Å². The first kappa shape index (κ1) is 14.6. The maximum Gasteiger partial charge on any atom is 0.307 e. The van der Waals surface area contributed by atoms with Crippen LogP contribution in [0.1, 0.15) is 12.6 Å². The van der Waals surface area contributed by atoms with Crippen molar-refractivity contribution in [1.29, 1.82) is 0 Å². The van der Waals surface area contributed by atoms with Gasteiger partial charge in [0.15, 0.2) is 11.5 Å². The van der Waals surface area contributed by atoms with E-state index in [4.69, 9.17) is 14.6 Å². The van der Waals surface area contributed by atoms with Gasteiger partial charge >= 0.3 is 5.97 Å². The number of rotatable bonds is 7. The van der Waals surface area contributed by atoms with Gasteiger partial charge in [-0.15, -0.1) is 0 Å². The predicted octanol–water partition coefficient (Wildman–Crippen LogP) is 2.05. The quantitative estimate of drug-likeness (QED) is 0.818. The molecule has 0 amide bonds. The van der Waals surface area contributed by atoms with Gasteiger partial charge in [0, 0.05) is 23.8 Å². The van der Waals surface area contributed by atoms with E-state index in [1.54, 1.807) is 33.4 Å². The van der Waals surface area contributed by atoms with Gasteiger partial charge in [-0.2, -0.15) is 11.8 Å². The molecule has 0 aliphatic heterocycles. The average Bonchev–Trinajstić information content (AvgIpc) is 2.37. The molecule has 1 heterocycles. The van der Waals surface area contributed by atoms with Crippen LogP contribution in [0.5, 0.6) is 11.5 Å². The lowest BCUT2D eigenvalue weighted by Gasteiger charge is -2.11. The molecule has 1 rings (SSSR count). The number of nitrogens with zero attached hydrogens (tertiary/aromatic N) is 1. The fourth-order valence-electron chi connectivity index (χ4n) is 1.36. The molecular formula is C12H17NO4S. The summed E-state index contributed by atoms with van der Waals surface area (Å²) in [5, 5.41) is 8.79. The minimum atomic E-state index is -0.784. The van der Waals surface area contributed by atoms with Gasteiger partial charge in [0.1, 0.15) is 0 Å². The number of hydrogen-bond donors (Lipinski definition) is 1. The topological polar surface area (TPSA) is 68.7 Å². The highest BCUT2D eigenvalue weighted by Gasteiger charge is 2.14. The highest BCUT2D eigenvalue weighted by atomic mass is 32.2. The second kappa shape index (κ2) is 7.10. The standard InChI is InChI=1S/C12H17NO4S/c1-8(12(14)15)6-18-7-9-11(17-3)10(16-2)4-5-13-9/h4-5,8H,6-7H2,1-3H3,(H,14,15). The molecule has 1 N–H and O–H groups in total. The largest absolute Gasteiger partial charge is 0.493 e. The summed E-state index contributed by atoms with van der Waals surface area (Å²) in [5.74, 6) is 1.22. The van der Waals surface area contributed by atoms with E-state index in [9.17, 15) is 4.79 Å². The van der Waals surface area contributed by atoms with Crippen LogP contribution in [0.3, 0.4) is 0 Å². The molecule has 5 nitrogen and oxygen atoms in total. The number of ether oxygens (including phenoxy) is 2. The van der Waals surface area contributed by atoms with Crippen molar-refractivity contribution in [2.24, 2.45) is 5.92 Å². The Morgan fingerprint density at radius 3 is 2.78 bits per heavy atom. The number of hydrogen-bond acceptors (Lipinski definition) is 5. The van der Waals surface area contributed by atoms with Gasteiger partial charge in [0.25, 0.3) is 0 Å². The summed E-state index contributed by atoms with van der Waals surface area (Å²) in [6.45, 7) is 1.69. The van der Waals surface area contributed by atoms with Crippen molar-refractivity contribution in [2.75, 3.05) is 20.0 Å². The molecule has 0 spiro atoms. The first-order chi connectivity index (χ1) is 8.60. The molecule has 6 heteroatoms. The molecule has 1 atom stereocenters. The van der Waals surface area contributed by atoms with Crippen LogP contribution in [-0.4, -0.2) is 36.0 Å². The van der Waals surface area contributed by atoms with E-state index in [1.807, 2.05) is 0 Å². The maximum atomic E-state index is 10.7. The Bertz CT molecular complexity index is 411. The molecule has 0 radical (unpaired) electrons. The predicted molar refractivity (Wildman–Crippen MR) is 70.3 cm³/mol. The minimum Gasteiger partial charge on any atom is -0.493 e. The minimum absolute atomic E-state index is 0.369. The van der Waals surface area contributed by atoms with Crippen LogP contribution in [0.2, 0.25) is 0 Å². The molecule has 18 heavy (non-hydrogen) atoms. The Hall–Kier alpha value is -1.43. The van der Waals surface area contributed by atoms with Crippen molar-refractivity contribution >= 4 is 17.7 Å². The van der Waals surface area contributed by atoms with E-state index in [0.29, 0.717) is 23.0 Å². The van der Waals surface area contributed by atoms with Gasteiger partial charge < -0.3 is 14.6 Å². The zero-order valence-electron chi connectivity index (χ0n) is 10.7. The number of methoxy groups -OCH3 is 2. The number of thioether (sulfide) groups is 1. The molecule has 0 bridgehead atoms. The number of carboxylic acids is 1. The van der Waals surface area contributed by atoms with E-state index in [1.165, 1.54) is 11.8 Å². The fraction of sp³-hybridized carbons (Fsp3) is 0.500. The third-order valence-corrected chi connectivity index (χ3v) is 3.61. The Labute approximate surface area is 111 Å². The lowest BCUT2D eigenvalue weighted by molar-refractivity contribution is -0.140. The molecule has 1 aromatic heterocycles. The summed E-state index contributed by atoms with van der Waals surface area (Å²) in [5.41, 5.74) is 0.763. The number of carboxylic acid groups (broad SMARTS) is 1. The van der Waals surface area contributed by atoms with Crippen molar-refractivity contribution < 1.29 is 19.4 Å². The lowest BCUT2D eigenvalue weighted by Crippen LogP contribution is -2.12. The van der Waals surface area contributed by atoms with Gasteiger partial charge in [-0.05, 0) is 0 Å². The van der Waals surface area contributed by atoms with Crippen molar-refractivity contribution in [2.45, 2.75) is 12.7 Å². The summed E-state index contributed by atoms with van der Waals surface area (Å²) in [7, 11) is 3.13. The molecule has 0 aliphatic carbocycles. The Morgan fingerprint density at radius 2 is 2.22 bits per heavy atom. The third-order valence-electron chi connectivity index (χ3n) is 2.39. The summed E-state index contributed by atoms with van der Waals surface area (Å²) in [6, 6.07) is 1.73. The molecule has 1 aromatic rings. The van der Waals surface area contributed by atoms with Gasteiger partial charge in [-0.3, -0.25) is 9.78 Å². The smallest absolute Gasteiger partial charge is 0.307 e. The highest BCUT2D eigenvalue weighted by Crippen LogP contribution is 2.31. The van der Waals surface area contributed by atoms with E-state index >= 15 is 0 Å². The van der Waals surface area contributed by atoms with Crippen molar-refractivity contribution in [3.63, 3.8) is 0 Å². The number of carbonyl (C=O) groups is 1. The van der Waals surface area contributed by atoms with Crippen LogP contribution < -0.4 is 9.47 Å². The normalized spacial score (nSPS) is 11.9. The Kier molecular flexibility index (Phi) is 5.77. The van der Waals surface area contributed by atoms with Crippen molar-refractivity contribution in [3.05, 3.63) is 18.0 Å². The highest BCUT2D eigenvalue weighted by molar-refractivity contribution is 7.98. The van der Waals surface area contributed by atoms with E-state index < -0.39 is 5.97 Å². The molecule has 0 saturated carbocycles. The zero-order valence-corrected chi connectivity index (χ0v) is 11.5. The van der Waals surface area contributed by atoms with Crippen molar-refractivity contribution in [3.8, 4) is 11.5 Å². The summed E-state index contributed by atoms with van der Waals surface area (Å²) in [4.78, 5) is 14.9. The average molecular weight is 271 g/mol. The summed E-state index contributed by atoms with van der Waals surface area (Å²) >= 11 is 1.51. The van der Waals surface area contributed by atoms with Crippen LogP contribution in [-0.2, 0) is 10.5 Å². The second-order valence-corrected chi connectivity index (χ2v) is 4.78. The second-order valence-electron chi connectivity index (χ2n) is 3.75. The van der Waals surface area contributed by atoms with Crippen LogP contribution in [0.25, 0.3) is 0 Å². The Morgan fingerprint density at radius 1 is 1.50 bits per heavy atom. The van der Waals surface area contributed by atoms with Gasteiger partial charge in [-0.25, -0.2) is 0 Å². The van der Waals surface area contributed by atoms with E-state index in [0.717, 1.165) is 5.69 Å². The first-order valence-corrected chi connectivity index (χ1v) is 6.62. The molecule has 0 aliphatic rings. The molecule has 100 valence electrons. The lowest BCUT2D eigenvalue weighted by atomic mass is 10.2. The van der Waals surface area contributed by atoms with Crippen LogP contribution in [0.15, 0.2) is 12.3 Å². The van der Waals surface area contributed by atoms with E-state index in [-0.39, 0.29) is 5.92 Å². The molecule has 0 saturated heterocycles. The van der Waals surface area contributed by atoms with Gasteiger partial charge in [0.2, 0.25) is 0 Å². The van der Waals surface area contributed by atoms with Crippen molar-refractivity contribution in [1.82, 2.24) is 4.98 Å². The van der Waals surface area contributed by atoms with Gasteiger partial charge in [0.05, 0.1) is 25.8 Å². The zero-order chi connectivity index (χ0) is 13.5. The van der Waals surface area contributed by atoms with E-state index in [2.05, 4.69) is 4.98 Å². The van der Waals surface area contributed by atoms with Crippen LogP contribution in [0, 0.1) is 5.92 Å². The molecule has 0 fully saturated rings. The third kappa shape index (κ3) is 3.80. The number of aliphatic carboxylic acids is 1. The van der Waals surface area contributed by atoms with Crippen LogP contribution in [0.4, 0.5) is 0 Å². The maximum absolute atomic E-state index is 10.7. The molecular weight excluding hydrogens is 254 g/mol. The molecule has 0 aromatic carbocycles. The first-order valence-electron chi connectivity index (χ1n) is 5.46. The SMILES string of the molecule is COc1ccnc(CSCC(C)C(=O)O)c1OC. The summed E-state index contributed by atoms with van der Waals surface area (Å²) in [6.07, 6.45) is 1.65. The number of pyridine rings is 1. The Balaban J connectivity index is 2.64. The monoisotopic (exact) mass is 271 g/mol.